The lowest BCUT2D eigenvalue weighted by Crippen LogP contribution is -2.40. The SMILES string of the molecule is CCc1cnc(CNC(=NCC(=O)N(C)C)NCC2CCOC2)s1.I. The fourth-order valence-corrected chi connectivity index (χ4v) is 3.00. The van der Waals surface area contributed by atoms with Gasteiger partial charge in [-0.2, -0.15) is 0 Å². The largest absolute Gasteiger partial charge is 0.381 e. The average Bonchev–Trinajstić information content (AvgIpc) is 3.25. The number of halogens is 1. The van der Waals surface area contributed by atoms with E-state index in [1.165, 1.54) is 4.88 Å². The molecule has 1 aromatic rings. The number of carbonyl (C=O) groups is 1. The van der Waals surface area contributed by atoms with Crippen molar-refractivity contribution in [1.29, 1.82) is 0 Å². The molecule has 1 amide bonds. The van der Waals surface area contributed by atoms with Crippen LogP contribution in [0.4, 0.5) is 0 Å². The number of likely N-dealkylation sites (N-methyl/N-ethyl adjacent to an activating group) is 1. The van der Waals surface area contributed by atoms with Crippen molar-refractivity contribution in [1.82, 2.24) is 20.5 Å². The van der Waals surface area contributed by atoms with E-state index in [-0.39, 0.29) is 36.4 Å². The van der Waals surface area contributed by atoms with E-state index in [2.05, 4.69) is 27.5 Å². The molecule has 1 aliphatic rings. The molecule has 1 unspecified atom stereocenters. The minimum absolute atomic E-state index is 0. The lowest BCUT2D eigenvalue weighted by molar-refractivity contribution is -0.127. The highest BCUT2D eigenvalue weighted by Crippen LogP contribution is 2.13. The molecule has 1 fully saturated rings. The van der Waals surface area contributed by atoms with Crippen molar-refractivity contribution in [2.75, 3.05) is 40.4 Å². The molecule has 0 aliphatic carbocycles. The van der Waals surface area contributed by atoms with Crippen LogP contribution in [0.3, 0.4) is 0 Å². The van der Waals surface area contributed by atoms with Gasteiger partial charge < -0.3 is 20.3 Å². The monoisotopic (exact) mass is 481 g/mol. The zero-order chi connectivity index (χ0) is 17.4. The normalized spacial score (nSPS) is 17.1. The highest BCUT2D eigenvalue weighted by Gasteiger charge is 2.16. The smallest absolute Gasteiger partial charge is 0.243 e. The summed E-state index contributed by atoms with van der Waals surface area (Å²) < 4.78 is 5.39. The molecule has 2 rings (SSSR count). The van der Waals surface area contributed by atoms with Crippen LogP contribution in [0.5, 0.6) is 0 Å². The summed E-state index contributed by atoms with van der Waals surface area (Å²) in [6.45, 7) is 5.25. The number of amides is 1. The van der Waals surface area contributed by atoms with Crippen molar-refractivity contribution in [3.63, 3.8) is 0 Å². The van der Waals surface area contributed by atoms with E-state index in [4.69, 9.17) is 4.74 Å². The number of aromatic nitrogens is 1. The minimum Gasteiger partial charge on any atom is -0.381 e. The predicted octanol–water partition coefficient (Wildman–Crippen LogP) is 1.48. The van der Waals surface area contributed by atoms with E-state index in [0.29, 0.717) is 18.4 Å². The number of aliphatic imine (C=N–C) groups is 1. The van der Waals surface area contributed by atoms with Gasteiger partial charge in [0.2, 0.25) is 5.91 Å². The van der Waals surface area contributed by atoms with Gasteiger partial charge in [-0.1, -0.05) is 6.92 Å². The topological polar surface area (TPSA) is 78.9 Å². The molecule has 2 heterocycles. The van der Waals surface area contributed by atoms with Crippen LogP contribution in [0, 0.1) is 5.92 Å². The Hall–Kier alpha value is -0.940. The summed E-state index contributed by atoms with van der Waals surface area (Å²) in [6, 6.07) is 0. The molecule has 0 aromatic carbocycles. The fraction of sp³-hybridized carbons (Fsp3) is 0.688. The van der Waals surface area contributed by atoms with Crippen molar-refractivity contribution in [2.24, 2.45) is 10.9 Å². The molecule has 0 saturated carbocycles. The third-order valence-corrected chi connectivity index (χ3v) is 4.95. The van der Waals surface area contributed by atoms with Gasteiger partial charge in [-0.15, -0.1) is 35.3 Å². The Morgan fingerprint density at radius 3 is 2.88 bits per heavy atom. The maximum atomic E-state index is 11.8. The van der Waals surface area contributed by atoms with Gasteiger partial charge in [-0.25, -0.2) is 9.98 Å². The molecule has 7 nitrogen and oxygen atoms in total. The molecule has 1 saturated heterocycles. The Morgan fingerprint density at radius 1 is 1.48 bits per heavy atom. The van der Waals surface area contributed by atoms with Crippen LogP contribution in [-0.2, 0) is 22.5 Å². The maximum Gasteiger partial charge on any atom is 0.243 e. The number of nitrogens with zero attached hydrogens (tertiary/aromatic N) is 3. The Bertz CT molecular complexity index is 558. The first-order valence-electron chi connectivity index (χ1n) is 8.32. The molecule has 25 heavy (non-hydrogen) atoms. The van der Waals surface area contributed by atoms with Crippen molar-refractivity contribution >= 4 is 47.2 Å². The lowest BCUT2D eigenvalue weighted by atomic mass is 10.1. The summed E-state index contributed by atoms with van der Waals surface area (Å²) in [7, 11) is 3.46. The number of carbonyl (C=O) groups excluding carboxylic acids is 1. The molecule has 0 radical (unpaired) electrons. The molecule has 0 spiro atoms. The van der Waals surface area contributed by atoms with Crippen LogP contribution in [0.25, 0.3) is 0 Å². The second-order valence-electron chi connectivity index (χ2n) is 5.99. The molecule has 142 valence electrons. The summed E-state index contributed by atoms with van der Waals surface area (Å²) >= 11 is 1.70. The van der Waals surface area contributed by atoms with E-state index in [1.807, 2.05) is 6.20 Å². The minimum atomic E-state index is -0.0252. The van der Waals surface area contributed by atoms with Gasteiger partial charge in [0, 0.05) is 44.2 Å². The van der Waals surface area contributed by atoms with Crippen LogP contribution >= 0.6 is 35.3 Å². The molecular weight excluding hydrogens is 453 g/mol. The molecule has 1 aliphatic heterocycles. The zero-order valence-corrected chi connectivity index (χ0v) is 18.2. The maximum absolute atomic E-state index is 11.8. The van der Waals surface area contributed by atoms with Gasteiger partial charge in [-0.3, -0.25) is 4.79 Å². The third-order valence-electron chi connectivity index (χ3n) is 3.81. The van der Waals surface area contributed by atoms with Crippen molar-refractivity contribution in [2.45, 2.75) is 26.3 Å². The van der Waals surface area contributed by atoms with Gasteiger partial charge in [-0.05, 0) is 12.8 Å². The second-order valence-corrected chi connectivity index (χ2v) is 7.19. The summed E-state index contributed by atoms with van der Waals surface area (Å²) in [5.41, 5.74) is 0. The Balaban J connectivity index is 0.00000312. The summed E-state index contributed by atoms with van der Waals surface area (Å²) in [4.78, 5) is 23.4. The molecule has 2 N–H and O–H groups in total. The number of guanidine groups is 1. The van der Waals surface area contributed by atoms with E-state index in [9.17, 15) is 4.79 Å². The van der Waals surface area contributed by atoms with Gasteiger partial charge in [0.25, 0.3) is 0 Å². The number of thiazole rings is 1. The van der Waals surface area contributed by atoms with Crippen molar-refractivity contribution in [3.05, 3.63) is 16.1 Å². The van der Waals surface area contributed by atoms with Crippen LogP contribution < -0.4 is 10.6 Å². The highest BCUT2D eigenvalue weighted by atomic mass is 127. The number of hydrogen-bond acceptors (Lipinski definition) is 5. The van der Waals surface area contributed by atoms with Crippen molar-refractivity contribution < 1.29 is 9.53 Å². The molecule has 0 bridgehead atoms. The fourth-order valence-electron chi connectivity index (χ4n) is 2.20. The number of rotatable bonds is 7. The first-order chi connectivity index (χ1) is 11.6. The third kappa shape index (κ3) is 7.87. The van der Waals surface area contributed by atoms with E-state index < -0.39 is 0 Å². The molecule has 1 atom stereocenters. The van der Waals surface area contributed by atoms with Crippen LogP contribution in [0.1, 0.15) is 23.2 Å². The first kappa shape index (κ1) is 22.1. The number of ether oxygens (including phenoxy) is 1. The predicted molar refractivity (Wildman–Crippen MR) is 112 cm³/mol. The van der Waals surface area contributed by atoms with Gasteiger partial charge in [0.05, 0.1) is 13.2 Å². The molecular formula is C16H28IN5O2S. The Kier molecular flexibility index (Phi) is 10.3. The standard InChI is InChI=1S/C16H27N5O2S.HI/c1-4-13-8-17-14(24-13)9-19-16(20-10-15(22)21(2)3)18-7-12-5-6-23-11-12;/h8,12H,4-7,9-11H2,1-3H3,(H2,18,19,20);1H. The van der Waals surface area contributed by atoms with Gasteiger partial charge in [0.1, 0.15) is 11.6 Å². The summed E-state index contributed by atoms with van der Waals surface area (Å²) in [6.07, 6.45) is 3.97. The first-order valence-corrected chi connectivity index (χ1v) is 9.13. The number of nitrogens with one attached hydrogen (secondary N) is 2. The van der Waals surface area contributed by atoms with Gasteiger partial charge in [0.15, 0.2) is 5.96 Å². The van der Waals surface area contributed by atoms with Crippen LogP contribution in [-0.4, -0.2) is 62.1 Å². The molecule has 1 aromatic heterocycles. The summed E-state index contributed by atoms with van der Waals surface area (Å²) in [5, 5.41) is 7.60. The van der Waals surface area contributed by atoms with Crippen molar-refractivity contribution in [3.8, 4) is 0 Å². The highest BCUT2D eigenvalue weighted by molar-refractivity contribution is 14.0. The van der Waals surface area contributed by atoms with Crippen LogP contribution in [0.15, 0.2) is 11.2 Å². The van der Waals surface area contributed by atoms with E-state index >= 15 is 0 Å². The Morgan fingerprint density at radius 2 is 2.28 bits per heavy atom. The van der Waals surface area contributed by atoms with E-state index in [0.717, 1.165) is 37.6 Å². The quantitative estimate of drug-likeness (QED) is 0.351. The van der Waals surface area contributed by atoms with Crippen LogP contribution in [0.2, 0.25) is 0 Å². The average molecular weight is 481 g/mol. The second kappa shape index (κ2) is 11.6. The number of aryl methyl sites for hydroxylation is 1. The van der Waals surface area contributed by atoms with E-state index in [1.54, 1.807) is 30.3 Å². The Labute approximate surface area is 170 Å². The van der Waals surface area contributed by atoms with Gasteiger partial charge >= 0.3 is 0 Å². The summed E-state index contributed by atoms with van der Waals surface area (Å²) in [5.74, 6) is 1.11. The molecule has 9 heteroatoms. The number of hydrogen-bond donors (Lipinski definition) is 2. The lowest BCUT2D eigenvalue weighted by Gasteiger charge is -2.15. The zero-order valence-electron chi connectivity index (χ0n) is 15.1.